The molecule has 0 fully saturated rings. The molecule has 3 rings (SSSR count). The number of nitrogen functional groups attached to an aromatic ring is 1. The van der Waals surface area contributed by atoms with Crippen LogP contribution in [0.2, 0.25) is 0 Å². The fourth-order valence-electron chi connectivity index (χ4n) is 2.18. The van der Waals surface area contributed by atoms with E-state index in [9.17, 15) is 0 Å². The molecule has 0 saturated carbocycles. The van der Waals surface area contributed by atoms with E-state index in [1.54, 1.807) is 7.11 Å². The predicted octanol–water partition coefficient (Wildman–Crippen LogP) is 0.793. The van der Waals surface area contributed by atoms with Crippen LogP contribution >= 0.6 is 0 Å². The molecule has 0 bridgehead atoms. The highest BCUT2D eigenvalue weighted by Gasteiger charge is 2.13. The lowest BCUT2D eigenvalue weighted by Crippen LogP contribution is -2.03. The number of hydrogen-bond donors (Lipinski definition) is 2. The lowest BCUT2D eigenvalue weighted by molar-refractivity contribution is 0.287. The van der Waals surface area contributed by atoms with Crippen LogP contribution in [0.15, 0.2) is 18.2 Å². The van der Waals surface area contributed by atoms with E-state index in [4.69, 9.17) is 15.6 Å². The number of aliphatic hydroxyl groups is 1. The Kier molecular flexibility index (Phi) is 3.11. The van der Waals surface area contributed by atoms with Gasteiger partial charge in [-0.2, -0.15) is 4.52 Å². The van der Waals surface area contributed by atoms with E-state index in [0.717, 1.165) is 5.39 Å². The van der Waals surface area contributed by atoms with Gasteiger partial charge in [0, 0.05) is 18.4 Å². The largest absolute Gasteiger partial charge is 0.494 e. The maximum absolute atomic E-state index is 8.88. The number of nitrogens with zero attached hydrogens (tertiary/aromatic N) is 4. The Morgan fingerprint density at radius 3 is 2.95 bits per heavy atom. The quantitative estimate of drug-likeness (QED) is 0.729. The van der Waals surface area contributed by atoms with Gasteiger partial charge in [0.15, 0.2) is 11.5 Å². The van der Waals surface area contributed by atoms with Crippen LogP contribution in [0.1, 0.15) is 12.2 Å². The van der Waals surface area contributed by atoms with Crippen molar-refractivity contribution in [1.29, 1.82) is 0 Å². The van der Waals surface area contributed by atoms with Crippen molar-refractivity contribution in [3.05, 3.63) is 24.0 Å². The third kappa shape index (κ3) is 1.92. The van der Waals surface area contributed by atoms with Crippen LogP contribution in [0.5, 0.6) is 5.75 Å². The standard InChI is InChI=1S/C13H15N5O2/c1-20-9-5-2-4-8-11(9)16-13(14)18-12(8)15-10(17-18)6-3-7-19/h2,4-5,19H,3,6-7H2,1H3,(H2,14,16). The third-order valence-corrected chi connectivity index (χ3v) is 3.11. The fraction of sp³-hybridized carbons (Fsp3) is 0.308. The summed E-state index contributed by atoms with van der Waals surface area (Å²) in [5.74, 6) is 1.55. The van der Waals surface area contributed by atoms with Crippen LogP contribution in [0.3, 0.4) is 0 Å². The molecule has 1 aromatic carbocycles. The molecule has 0 aliphatic heterocycles. The molecule has 2 aromatic heterocycles. The van der Waals surface area contributed by atoms with E-state index in [2.05, 4.69) is 15.1 Å². The highest BCUT2D eigenvalue weighted by molar-refractivity contribution is 5.95. The molecule has 2 heterocycles. The summed E-state index contributed by atoms with van der Waals surface area (Å²) in [6.07, 6.45) is 1.22. The number of nitrogens with two attached hydrogens (primary N) is 1. The van der Waals surface area contributed by atoms with Crippen LogP contribution < -0.4 is 10.5 Å². The Bertz CT molecular complexity index is 768. The summed E-state index contributed by atoms with van der Waals surface area (Å²) in [6, 6.07) is 5.61. The summed E-state index contributed by atoms with van der Waals surface area (Å²) in [5, 5.41) is 14.0. The Morgan fingerprint density at radius 2 is 2.20 bits per heavy atom. The number of para-hydroxylation sites is 1. The van der Waals surface area contributed by atoms with Gasteiger partial charge < -0.3 is 15.6 Å². The van der Waals surface area contributed by atoms with E-state index < -0.39 is 0 Å². The Labute approximate surface area is 115 Å². The van der Waals surface area contributed by atoms with Gasteiger partial charge in [0.25, 0.3) is 0 Å². The zero-order valence-corrected chi connectivity index (χ0v) is 11.1. The fourth-order valence-corrected chi connectivity index (χ4v) is 2.18. The number of fused-ring (bicyclic) bond motifs is 3. The first-order valence-corrected chi connectivity index (χ1v) is 6.33. The second kappa shape index (κ2) is 4.93. The summed E-state index contributed by atoms with van der Waals surface area (Å²) in [5.41, 5.74) is 7.25. The molecular formula is C13H15N5O2. The van der Waals surface area contributed by atoms with Crippen LogP contribution in [0.4, 0.5) is 5.95 Å². The molecule has 0 atom stereocenters. The molecule has 0 unspecified atom stereocenters. The highest BCUT2D eigenvalue weighted by atomic mass is 16.5. The van der Waals surface area contributed by atoms with Gasteiger partial charge in [0.2, 0.25) is 5.95 Å². The Balaban J connectivity index is 2.26. The van der Waals surface area contributed by atoms with Crippen molar-refractivity contribution in [2.45, 2.75) is 12.8 Å². The SMILES string of the molecule is COc1cccc2c1nc(N)n1nc(CCCO)nc21. The second-order valence-corrected chi connectivity index (χ2v) is 4.42. The number of aliphatic hydroxyl groups excluding tert-OH is 1. The van der Waals surface area contributed by atoms with Crippen molar-refractivity contribution in [2.75, 3.05) is 19.5 Å². The van der Waals surface area contributed by atoms with Gasteiger partial charge in [-0.15, -0.1) is 5.10 Å². The number of rotatable bonds is 4. The molecule has 0 aliphatic rings. The van der Waals surface area contributed by atoms with Crippen LogP contribution in [0.25, 0.3) is 16.6 Å². The summed E-state index contributed by atoms with van der Waals surface area (Å²) < 4.78 is 6.82. The lowest BCUT2D eigenvalue weighted by Gasteiger charge is -2.06. The van der Waals surface area contributed by atoms with E-state index in [-0.39, 0.29) is 12.6 Å². The second-order valence-electron chi connectivity index (χ2n) is 4.42. The molecule has 0 radical (unpaired) electrons. The van der Waals surface area contributed by atoms with E-state index in [1.807, 2.05) is 18.2 Å². The van der Waals surface area contributed by atoms with Gasteiger partial charge in [-0.1, -0.05) is 6.07 Å². The van der Waals surface area contributed by atoms with Crippen molar-refractivity contribution in [3.8, 4) is 5.75 Å². The predicted molar refractivity (Wildman–Crippen MR) is 74.7 cm³/mol. The van der Waals surface area contributed by atoms with Crippen molar-refractivity contribution >= 4 is 22.5 Å². The van der Waals surface area contributed by atoms with Gasteiger partial charge in [-0.3, -0.25) is 0 Å². The third-order valence-electron chi connectivity index (χ3n) is 3.11. The highest BCUT2D eigenvalue weighted by Crippen LogP contribution is 2.27. The van der Waals surface area contributed by atoms with Crippen LogP contribution in [-0.4, -0.2) is 38.4 Å². The Hall–Kier alpha value is -2.41. The summed E-state index contributed by atoms with van der Waals surface area (Å²) in [4.78, 5) is 8.81. The molecule has 3 aromatic rings. The molecular weight excluding hydrogens is 258 g/mol. The van der Waals surface area contributed by atoms with Crippen molar-refractivity contribution in [3.63, 3.8) is 0 Å². The van der Waals surface area contributed by atoms with Crippen molar-refractivity contribution in [2.24, 2.45) is 0 Å². The number of aryl methyl sites for hydroxylation is 1. The first-order chi connectivity index (χ1) is 9.74. The van der Waals surface area contributed by atoms with E-state index >= 15 is 0 Å². The monoisotopic (exact) mass is 273 g/mol. The molecule has 0 saturated heterocycles. The first-order valence-electron chi connectivity index (χ1n) is 6.33. The maximum Gasteiger partial charge on any atom is 0.223 e. The average molecular weight is 273 g/mol. The van der Waals surface area contributed by atoms with Gasteiger partial charge in [0.05, 0.1) is 7.11 Å². The molecule has 20 heavy (non-hydrogen) atoms. The maximum atomic E-state index is 8.88. The number of hydrogen-bond acceptors (Lipinski definition) is 6. The van der Waals surface area contributed by atoms with E-state index in [0.29, 0.717) is 35.6 Å². The minimum atomic E-state index is 0.109. The van der Waals surface area contributed by atoms with Crippen molar-refractivity contribution in [1.82, 2.24) is 19.6 Å². The summed E-state index contributed by atoms with van der Waals surface area (Å²) in [6.45, 7) is 0.109. The minimum absolute atomic E-state index is 0.109. The van der Waals surface area contributed by atoms with Gasteiger partial charge in [-0.05, 0) is 18.6 Å². The minimum Gasteiger partial charge on any atom is -0.494 e. The average Bonchev–Trinajstić information content (AvgIpc) is 2.90. The summed E-state index contributed by atoms with van der Waals surface area (Å²) in [7, 11) is 1.59. The number of ether oxygens (including phenoxy) is 1. The molecule has 7 heteroatoms. The smallest absolute Gasteiger partial charge is 0.223 e. The molecule has 0 spiro atoms. The summed E-state index contributed by atoms with van der Waals surface area (Å²) >= 11 is 0. The van der Waals surface area contributed by atoms with Crippen LogP contribution in [-0.2, 0) is 6.42 Å². The lowest BCUT2D eigenvalue weighted by atomic mass is 10.2. The molecule has 0 aliphatic carbocycles. The normalized spacial score (nSPS) is 11.3. The molecule has 104 valence electrons. The number of anilines is 1. The van der Waals surface area contributed by atoms with Crippen LogP contribution in [0, 0.1) is 0 Å². The van der Waals surface area contributed by atoms with Gasteiger partial charge >= 0.3 is 0 Å². The van der Waals surface area contributed by atoms with Crippen molar-refractivity contribution < 1.29 is 9.84 Å². The van der Waals surface area contributed by atoms with E-state index in [1.165, 1.54) is 4.52 Å². The number of methoxy groups -OCH3 is 1. The zero-order chi connectivity index (χ0) is 14.1. The first kappa shape index (κ1) is 12.6. The Morgan fingerprint density at radius 1 is 1.35 bits per heavy atom. The number of benzene rings is 1. The van der Waals surface area contributed by atoms with Gasteiger partial charge in [0.1, 0.15) is 11.3 Å². The number of aromatic nitrogens is 4. The van der Waals surface area contributed by atoms with Gasteiger partial charge in [-0.25, -0.2) is 9.97 Å². The molecule has 0 amide bonds. The topological polar surface area (TPSA) is 98.6 Å². The molecule has 3 N–H and O–H groups in total. The zero-order valence-electron chi connectivity index (χ0n) is 11.1. The molecule has 7 nitrogen and oxygen atoms in total.